The van der Waals surface area contributed by atoms with Crippen LogP contribution in [0.15, 0.2) is 4.47 Å². The van der Waals surface area contributed by atoms with Crippen LogP contribution < -0.4 is 5.32 Å². The summed E-state index contributed by atoms with van der Waals surface area (Å²) in [6.07, 6.45) is 0.982. The Morgan fingerprint density at radius 1 is 1.38 bits per heavy atom. The molecule has 0 amide bonds. The van der Waals surface area contributed by atoms with Gasteiger partial charge in [-0.15, -0.1) is 0 Å². The summed E-state index contributed by atoms with van der Waals surface area (Å²) in [6.45, 7) is 7.57. The first-order valence-corrected chi connectivity index (χ1v) is 6.65. The predicted molar refractivity (Wildman–Crippen MR) is 68.4 cm³/mol. The number of nitrogens with zero attached hydrogens (tertiary/aromatic N) is 3. The number of aryl methyl sites for hydroxylation is 2. The van der Waals surface area contributed by atoms with E-state index in [-0.39, 0.29) is 0 Å². The molecule has 2 rings (SSSR count). The van der Waals surface area contributed by atoms with Crippen molar-refractivity contribution < 1.29 is 0 Å². The molecule has 0 radical (unpaired) electrons. The fraction of sp³-hybridized carbons (Fsp3) is 0.727. The molecule has 0 aliphatic carbocycles. The highest BCUT2D eigenvalue weighted by Gasteiger charge is 2.17. The van der Waals surface area contributed by atoms with Crippen LogP contribution in [0.5, 0.6) is 0 Å². The van der Waals surface area contributed by atoms with Gasteiger partial charge in [0.05, 0.1) is 15.9 Å². The molecule has 0 spiro atoms. The lowest BCUT2D eigenvalue weighted by atomic mass is 10.2. The highest BCUT2D eigenvalue weighted by Crippen LogP contribution is 2.22. The van der Waals surface area contributed by atoms with Crippen LogP contribution in [0, 0.1) is 0 Å². The molecule has 1 saturated heterocycles. The largest absolute Gasteiger partial charge is 0.314 e. The molecule has 0 saturated carbocycles. The van der Waals surface area contributed by atoms with Gasteiger partial charge >= 0.3 is 0 Å². The Hall–Kier alpha value is -0.390. The molecule has 0 unspecified atom stereocenters. The quantitative estimate of drug-likeness (QED) is 0.905. The number of rotatable bonds is 3. The van der Waals surface area contributed by atoms with E-state index < -0.39 is 0 Å². The highest BCUT2D eigenvalue weighted by molar-refractivity contribution is 9.10. The van der Waals surface area contributed by atoms with E-state index in [4.69, 9.17) is 0 Å². The maximum atomic E-state index is 4.52. The molecule has 4 nitrogen and oxygen atoms in total. The average molecular weight is 287 g/mol. The Morgan fingerprint density at radius 3 is 2.62 bits per heavy atom. The van der Waals surface area contributed by atoms with Crippen molar-refractivity contribution in [3.63, 3.8) is 0 Å². The molecule has 1 aromatic rings. The van der Waals surface area contributed by atoms with Gasteiger partial charge < -0.3 is 5.32 Å². The van der Waals surface area contributed by atoms with Gasteiger partial charge in [-0.05, 0) is 22.4 Å². The molecular weight excluding hydrogens is 268 g/mol. The van der Waals surface area contributed by atoms with Crippen molar-refractivity contribution in [2.75, 3.05) is 26.2 Å². The van der Waals surface area contributed by atoms with Crippen molar-refractivity contribution in [3.05, 3.63) is 15.9 Å². The van der Waals surface area contributed by atoms with E-state index in [1.54, 1.807) is 0 Å². The van der Waals surface area contributed by atoms with E-state index in [0.29, 0.717) is 0 Å². The van der Waals surface area contributed by atoms with Gasteiger partial charge in [-0.3, -0.25) is 9.58 Å². The summed E-state index contributed by atoms with van der Waals surface area (Å²) in [5.74, 6) is 0. The fourth-order valence-electron chi connectivity index (χ4n) is 2.07. The predicted octanol–water partition coefficient (Wildman–Crippen LogP) is 1.15. The molecule has 2 heterocycles. The Bertz CT molecular complexity index is 355. The van der Waals surface area contributed by atoms with Gasteiger partial charge in [0.2, 0.25) is 0 Å². The topological polar surface area (TPSA) is 33.1 Å². The lowest BCUT2D eigenvalue weighted by molar-refractivity contribution is 0.227. The molecular formula is C11H19BrN4. The van der Waals surface area contributed by atoms with Crippen molar-refractivity contribution in [2.45, 2.75) is 19.9 Å². The molecule has 0 bridgehead atoms. The van der Waals surface area contributed by atoms with Gasteiger partial charge in [-0.1, -0.05) is 6.92 Å². The third-order valence-electron chi connectivity index (χ3n) is 3.09. The minimum absolute atomic E-state index is 0.982. The van der Waals surface area contributed by atoms with Crippen molar-refractivity contribution in [2.24, 2.45) is 7.05 Å². The number of nitrogens with one attached hydrogen (secondary N) is 1. The standard InChI is InChI=1S/C11H19BrN4/c1-3-9-11(12)10(15(2)14-9)8-16-6-4-13-5-7-16/h13H,3-8H2,1-2H3. The van der Waals surface area contributed by atoms with Crippen LogP contribution in [-0.4, -0.2) is 40.9 Å². The second-order valence-electron chi connectivity index (χ2n) is 4.21. The van der Waals surface area contributed by atoms with E-state index in [2.05, 4.69) is 38.2 Å². The number of hydrogen-bond donors (Lipinski definition) is 1. The zero-order valence-corrected chi connectivity index (χ0v) is 11.5. The van der Waals surface area contributed by atoms with Crippen LogP contribution >= 0.6 is 15.9 Å². The average Bonchev–Trinajstić information content (AvgIpc) is 2.58. The Labute approximate surface area is 105 Å². The minimum atomic E-state index is 0.982. The molecule has 0 aromatic carbocycles. The monoisotopic (exact) mass is 286 g/mol. The molecule has 16 heavy (non-hydrogen) atoms. The van der Waals surface area contributed by atoms with Crippen molar-refractivity contribution in [1.82, 2.24) is 20.0 Å². The SMILES string of the molecule is CCc1nn(C)c(CN2CCNCC2)c1Br. The smallest absolute Gasteiger partial charge is 0.0767 e. The summed E-state index contributed by atoms with van der Waals surface area (Å²) in [5, 5.41) is 7.89. The molecule has 1 aliphatic rings. The van der Waals surface area contributed by atoms with Crippen molar-refractivity contribution in [1.29, 1.82) is 0 Å². The number of halogens is 1. The lowest BCUT2D eigenvalue weighted by Gasteiger charge is -2.27. The maximum Gasteiger partial charge on any atom is 0.0767 e. The van der Waals surface area contributed by atoms with Crippen LogP contribution in [0.25, 0.3) is 0 Å². The zero-order chi connectivity index (χ0) is 11.5. The normalized spacial score (nSPS) is 17.9. The van der Waals surface area contributed by atoms with E-state index in [1.807, 2.05) is 11.7 Å². The number of hydrogen-bond acceptors (Lipinski definition) is 3. The molecule has 1 aromatic heterocycles. The Kier molecular flexibility index (Phi) is 4.00. The molecule has 1 aliphatic heterocycles. The number of piperazine rings is 1. The molecule has 1 fully saturated rings. The van der Waals surface area contributed by atoms with Crippen LogP contribution in [0.1, 0.15) is 18.3 Å². The van der Waals surface area contributed by atoms with Crippen molar-refractivity contribution in [3.8, 4) is 0 Å². The van der Waals surface area contributed by atoms with Crippen LogP contribution in [0.2, 0.25) is 0 Å². The van der Waals surface area contributed by atoms with E-state index in [0.717, 1.165) is 44.8 Å². The zero-order valence-electron chi connectivity index (χ0n) is 9.96. The van der Waals surface area contributed by atoms with Crippen LogP contribution in [0.4, 0.5) is 0 Å². The molecule has 5 heteroatoms. The van der Waals surface area contributed by atoms with Gasteiger partial charge in [-0.2, -0.15) is 5.10 Å². The third-order valence-corrected chi connectivity index (χ3v) is 4.00. The van der Waals surface area contributed by atoms with Gasteiger partial charge in [0.1, 0.15) is 0 Å². The summed E-state index contributed by atoms with van der Waals surface area (Å²) in [4.78, 5) is 2.47. The van der Waals surface area contributed by atoms with Gasteiger partial charge in [0.25, 0.3) is 0 Å². The first-order chi connectivity index (χ1) is 7.72. The first kappa shape index (κ1) is 12.1. The summed E-state index contributed by atoms with van der Waals surface area (Å²) in [5.41, 5.74) is 2.45. The summed E-state index contributed by atoms with van der Waals surface area (Å²) in [6, 6.07) is 0. The van der Waals surface area contributed by atoms with Crippen molar-refractivity contribution >= 4 is 15.9 Å². The second-order valence-corrected chi connectivity index (χ2v) is 5.00. The van der Waals surface area contributed by atoms with E-state index in [9.17, 15) is 0 Å². The Morgan fingerprint density at radius 2 is 2.06 bits per heavy atom. The summed E-state index contributed by atoms with van der Waals surface area (Å²) < 4.78 is 3.20. The van der Waals surface area contributed by atoms with Crippen LogP contribution in [-0.2, 0) is 20.0 Å². The van der Waals surface area contributed by atoms with E-state index >= 15 is 0 Å². The van der Waals surface area contributed by atoms with Gasteiger partial charge in [-0.25, -0.2) is 0 Å². The minimum Gasteiger partial charge on any atom is -0.314 e. The first-order valence-electron chi connectivity index (χ1n) is 5.85. The third kappa shape index (κ3) is 2.47. The maximum absolute atomic E-state index is 4.52. The molecule has 1 N–H and O–H groups in total. The lowest BCUT2D eigenvalue weighted by Crippen LogP contribution is -2.43. The number of aromatic nitrogens is 2. The fourth-order valence-corrected chi connectivity index (χ4v) is 2.81. The summed E-state index contributed by atoms with van der Waals surface area (Å²) in [7, 11) is 2.03. The van der Waals surface area contributed by atoms with Gasteiger partial charge in [0, 0.05) is 39.8 Å². The summed E-state index contributed by atoms with van der Waals surface area (Å²) >= 11 is 3.66. The van der Waals surface area contributed by atoms with Crippen LogP contribution in [0.3, 0.4) is 0 Å². The molecule has 0 atom stereocenters. The Balaban J connectivity index is 2.10. The van der Waals surface area contributed by atoms with Gasteiger partial charge in [0.15, 0.2) is 0 Å². The van der Waals surface area contributed by atoms with E-state index in [1.165, 1.54) is 10.2 Å². The highest BCUT2D eigenvalue weighted by atomic mass is 79.9. The second kappa shape index (κ2) is 5.29. The molecule has 90 valence electrons.